The van der Waals surface area contributed by atoms with Crippen LogP contribution in [0.15, 0.2) is 36.4 Å². The van der Waals surface area contributed by atoms with Gasteiger partial charge in [0.2, 0.25) is 0 Å². The summed E-state index contributed by atoms with van der Waals surface area (Å²) in [5, 5.41) is 1.22. The molecular weight excluding hydrogens is 281 g/mol. The molecule has 0 aliphatic heterocycles. The van der Waals surface area contributed by atoms with Gasteiger partial charge in [-0.25, -0.2) is 4.98 Å². The van der Waals surface area contributed by atoms with E-state index in [-0.39, 0.29) is 0 Å². The number of aryl methyl sites for hydroxylation is 1. The van der Waals surface area contributed by atoms with Crippen molar-refractivity contribution in [2.45, 2.75) is 0 Å². The van der Waals surface area contributed by atoms with Crippen LogP contribution in [0, 0.1) is 0 Å². The minimum atomic E-state index is 0.530. The minimum Gasteiger partial charge on any atom is -0.398 e. The lowest BCUT2D eigenvalue weighted by Gasteiger charge is -2.04. The third-order valence-corrected chi connectivity index (χ3v) is 3.66. The molecule has 3 aromatic rings. The summed E-state index contributed by atoms with van der Waals surface area (Å²) in [6.07, 6.45) is 0. The van der Waals surface area contributed by atoms with Gasteiger partial charge in [-0.15, -0.1) is 0 Å². The summed E-state index contributed by atoms with van der Waals surface area (Å²) in [5.74, 6) is 0.833. The first-order valence-corrected chi connectivity index (χ1v) is 6.49. The quantitative estimate of drug-likeness (QED) is 0.685. The van der Waals surface area contributed by atoms with E-state index >= 15 is 0 Å². The smallest absolute Gasteiger partial charge is 0.140 e. The fourth-order valence-corrected chi connectivity index (χ4v) is 2.43. The molecule has 1 heterocycles. The second kappa shape index (κ2) is 4.44. The fourth-order valence-electron chi connectivity index (χ4n) is 2.09. The van der Waals surface area contributed by atoms with E-state index in [1.807, 2.05) is 41.9 Å². The average Bonchev–Trinajstić information content (AvgIpc) is 2.70. The number of nitrogens with two attached hydrogens (primary N) is 1. The van der Waals surface area contributed by atoms with E-state index in [4.69, 9.17) is 28.9 Å². The maximum Gasteiger partial charge on any atom is 0.140 e. The molecular formula is C14H11Cl2N3. The lowest BCUT2D eigenvalue weighted by Crippen LogP contribution is -1.93. The van der Waals surface area contributed by atoms with E-state index < -0.39 is 0 Å². The molecule has 96 valence electrons. The van der Waals surface area contributed by atoms with Crippen LogP contribution in [0.5, 0.6) is 0 Å². The number of nitrogens with zero attached hydrogens (tertiary/aromatic N) is 2. The summed E-state index contributed by atoms with van der Waals surface area (Å²) in [6.45, 7) is 0. The van der Waals surface area contributed by atoms with Crippen molar-refractivity contribution in [2.24, 2.45) is 7.05 Å². The van der Waals surface area contributed by atoms with E-state index in [2.05, 4.69) is 4.98 Å². The van der Waals surface area contributed by atoms with Crippen LogP contribution in [0.1, 0.15) is 0 Å². The van der Waals surface area contributed by atoms with Gasteiger partial charge in [0.05, 0.1) is 21.7 Å². The molecule has 0 saturated heterocycles. The number of hydrogen-bond donors (Lipinski definition) is 1. The highest BCUT2D eigenvalue weighted by Crippen LogP contribution is 2.29. The molecule has 19 heavy (non-hydrogen) atoms. The summed E-state index contributed by atoms with van der Waals surface area (Å²) < 4.78 is 1.99. The SMILES string of the molecule is Cn1c(-c2ccc(N)c(Cl)c2)nc2ccc(Cl)cc21. The fraction of sp³-hybridized carbons (Fsp3) is 0.0714. The number of aromatic nitrogens is 2. The molecule has 0 radical (unpaired) electrons. The zero-order valence-electron chi connectivity index (χ0n) is 10.2. The van der Waals surface area contributed by atoms with E-state index in [9.17, 15) is 0 Å². The number of rotatable bonds is 1. The Kier molecular flexibility index (Phi) is 2.88. The molecule has 0 fully saturated rings. The topological polar surface area (TPSA) is 43.8 Å². The Hall–Kier alpha value is -1.71. The Bertz CT molecular complexity index is 778. The second-order valence-electron chi connectivity index (χ2n) is 4.36. The van der Waals surface area contributed by atoms with Crippen molar-refractivity contribution in [1.82, 2.24) is 9.55 Å². The number of nitrogen functional groups attached to an aromatic ring is 1. The molecule has 3 rings (SSSR count). The minimum absolute atomic E-state index is 0.530. The predicted molar refractivity (Wildman–Crippen MR) is 80.6 cm³/mol. The van der Waals surface area contributed by atoms with E-state index in [0.29, 0.717) is 15.7 Å². The first kappa shape index (κ1) is 12.3. The van der Waals surface area contributed by atoms with Gasteiger partial charge in [0, 0.05) is 17.6 Å². The molecule has 1 aromatic heterocycles. The third kappa shape index (κ3) is 2.05. The molecule has 3 nitrogen and oxygen atoms in total. The van der Waals surface area contributed by atoms with Crippen LogP contribution in [0.3, 0.4) is 0 Å². The molecule has 0 bridgehead atoms. The van der Waals surface area contributed by atoms with Gasteiger partial charge >= 0.3 is 0 Å². The van der Waals surface area contributed by atoms with Crippen LogP contribution in [0.2, 0.25) is 10.0 Å². The van der Waals surface area contributed by atoms with Crippen molar-refractivity contribution < 1.29 is 0 Å². The molecule has 0 aliphatic rings. The molecule has 2 N–H and O–H groups in total. The van der Waals surface area contributed by atoms with Gasteiger partial charge in [-0.3, -0.25) is 0 Å². The predicted octanol–water partition coefficient (Wildman–Crippen LogP) is 4.13. The standard InChI is InChI=1S/C14H11Cl2N3/c1-19-13-7-9(15)3-5-12(13)18-14(19)8-2-4-11(17)10(16)6-8/h2-7H,17H2,1H3. The maximum atomic E-state index is 6.06. The van der Waals surface area contributed by atoms with Gasteiger partial charge in [0.1, 0.15) is 5.82 Å². The molecule has 5 heteroatoms. The maximum absolute atomic E-state index is 6.06. The summed E-state index contributed by atoms with van der Waals surface area (Å²) in [6, 6.07) is 11.1. The number of anilines is 1. The normalized spacial score (nSPS) is 11.1. The zero-order chi connectivity index (χ0) is 13.6. The first-order valence-electron chi connectivity index (χ1n) is 5.73. The van der Waals surface area contributed by atoms with Gasteiger partial charge < -0.3 is 10.3 Å². The van der Waals surface area contributed by atoms with Crippen molar-refractivity contribution in [3.63, 3.8) is 0 Å². The Morgan fingerprint density at radius 1 is 1.11 bits per heavy atom. The molecule has 0 aliphatic carbocycles. The molecule has 2 aromatic carbocycles. The van der Waals surface area contributed by atoms with Gasteiger partial charge in [0.15, 0.2) is 0 Å². The van der Waals surface area contributed by atoms with Gasteiger partial charge in [-0.1, -0.05) is 23.2 Å². The van der Waals surface area contributed by atoms with Crippen LogP contribution < -0.4 is 5.73 Å². The average molecular weight is 292 g/mol. The summed E-state index contributed by atoms with van der Waals surface area (Å²) in [7, 11) is 1.95. The van der Waals surface area contributed by atoms with Crippen LogP contribution in [-0.4, -0.2) is 9.55 Å². The largest absolute Gasteiger partial charge is 0.398 e. The number of benzene rings is 2. The number of hydrogen-bond acceptors (Lipinski definition) is 2. The molecule has 0 saturated carbocycles. The Balaban J connectivity index is 2.24. The highest BCUT2D eigenvalue weighted by atomic mass is 35.5. The van der Waals surface area contributed by atoms with Crippen molar-refractivity contribution in [3.8, 4) is 11.4 Å². The van der Waals surface area contributed by atoms with Gasteiger partial charge in [-0.05, 0) is 36.4 Å². The van der Waals surface area contributed by atoms with Crippen LogP contribution in [-0.2, 0) is 7.05 Å². The van der Waals surface area contributed by atoms with Crippen molar-refractivity contribution in [3.05, 3.63) is 46.4 Å². The van der Waals surface area contributed by atoms with Crippen molar-refractivity contribution in [1.29, 1.82) is 0 Å². The van der Waals surface area contributed by atoms with Gasteiger partial charge in [-0.2, -0.15) is 0 Å². The Labute approximate surface area is 120 Å². The van der Waals surface area contributed by atoms with Crippen LogP contribution >= 0.6 is 23.2 Å². The third-order valence-electron chi connectivity index (χ3n) is 3.10. The zero-order valence-corrected chi connectivity index (χ0v) is 11.7. The van der Waals surface area contributed by atoms with Gasteiger partial charge in [0.25, 0.3) is 0 Å². The van der Waals surface area contributed by atoms with E-state index in [1.165, 1.54) is 0 Å². The monoisotopic (exact) mass is 291 g/mol. The number of imidazole rings is 1. The van der Waals surface area contributed by atoms with Crippen LogP contribution in [0.4, 0.5) is 5.69 Å². The Morgan fingerprint density at radius 2 is 1.89 bits per heavy atom. The first-order chi connectivity index (χ1) is 9.06. The van der Waals surface area contributed by atoms with Crippen molar-refractivity contribution >= 4 is 39.9 Å². The summed E-state index contributed by atoms with van der Waals surface area (Å²) in [4.78, 5) is 4.60. The van der Waals surface area contributed by atoms with Crippen LogP contribution in [0.25, 0.3) is 22.4 Å². The lowest BCUT2D eigenvalue weighted by molar-refractivity contribution is 0.959. The number of fused-ring (bicyclic) bond motifs is 1. The number of halogens is 2. The highest BCUT2D eigenvalue weighted by Gasteiger charge is 2.11. The highest BCUT2D eigenvalue weighted by molar-refractivity contribution is 6.33. The molecule has 0 amide bonds. The second-order valence-corrected chi connectivity index (χ2v) is 5.21. The molecule has 0 unspecified atom stereocenters. The summed E-state index contributed by atoms with van der Waals surface area (Å²) in [5.41, 5.74) is 9.09. The Morgan fingerprint density at radius 3 is 2.63 bits per heavy atom. The summed E-state index contributed by atoms with van der Waals surface area (Å²) >= 11 is 12.1. The van der Waals surface area contributed by atoms with Crippen molar-refractivity contribution in [2.75, 3.05) is 5.73 Å². The lowest BCUT2D eigenvalue weighted by atomic mass is 10.2. The molecule has 0 atom stereocenters. The van der Waals surface area contributed by atoms with E-state index in [1.54, 1.807) is 6.07 Å². The van der Waals surface area contributed by atoms with E-state index in [0.717, 1.165) is 22.4 Å². The molecule has 0 spiro atoms.